The van der Waals surface area contributed by atoms with Gasteiger partial charge in [0, 0.05) is 25.7 Å². The molecule has 1 atom stereocenters. The third kappa shape index (κ3) is 2.82. The number of benzene rings is 1. The molecule has 2 aliphatic heterocycles. The molecule has 3 aromatic rings. The summed E-state index contributed by atoms with van der Waals surface area (Å²) in [5.74, 6) is 1.78. The van der Waals surface area contributed by atoms with E-state index < -0.39 is 0 Å². The first-order valence-electron chi connectivity index (χ1n) is 9.60. The van der Waals surface area contributed by atoms with Crippen molar-refractivity contribution in [3.8, 4) is 0 Å². The highest BCUT2D eigenvalue weighted by molar-refractivity contribution is 5.47. The third-order valence-corrected chi connectivity index (χ3v) is 5.65. The predicted octanol–water partition coefficient (Wildman–Crippen LogP) is 2.65. The van der Waals surface area contributed by atoms with Crippen molar-refractivity contribution in [1.29, 1.82) is 0 Å². The molecular formula is C20H23N5O2. The topological polar surface area (TPSA) is 73.5 Å². The van der Waals surface area contributed by atoms with E-state index in [0.717, 1.165) is 38.3 Å². The lowest BCUT2D eigenvalue weighted by Crippen LogP contribution is -2.34. The van der Waals surface area contributed by atoms with Crippen LogP contribution in [0.1, 0.15) is 48.2 Å². The average Bonchev–Trinajstić information content (AvgIpc) is 3.12. The molecule has 5 rings (SSSR count). The predicted molar refractivity (Wildman–Crippen MR) is 102 cm³/mol. The van der Waals surface area contributed by atoms with E-state index in [9.17, 15) is 4.79 Å². The van der Waals surface area contributed by atoms with Crippen molar-refractivity contribution in [2.45, 2.75) is 44.7 Å². The Morgan fingerprint density at radius 3 is 2.89 bits per heavy atom. The summed E-state index contributed by atoms with van der Waals surface area (Å²) in [6.07, 6.45) is 4.35. The number of rotatable bonds is 2. The molecule has 0 amide bonds. The molecule has 0 bridgehead atoms. The maximum absolute atomic E-state index is 13.0. The molecule has 1 fully saturated rings. The van der Waals surface area contributed by atoms with Crippen LogP contribution in [0, 0.1) is 6.92 Å². The van der Waals surface area contributed by atoms with Gasteiger partial charge in [0.25, 0.3) is 5.56 Å². The van der Waals surface area contributed by atoms with Gasteiger partial charge in [0.1, 0.15) is 5.82 Å². The van der Waals surface area contributed by atoms with Crippen LogP contribution in [-0.2, 0) is 11.3 Å². The minimum Gasteiger partial charge on any atom is -0.381 e. The van der Waals surface area contributed by atoms with Gasteiger partial charge in [-0.1, -0.05) is 29.8 Å². The van der Waals surface area contributed by atoms with Gasteiger partial charge in [0.15, 0.2) is 5.52 Å². The number of imidazole rings is 1. The number of aromatic nitrogens is 4. The Labute approximate surface area is 157 Å². The van der Waals surface area contributed by atoms with Crippen LogP contribution in [-0.4, -0.2) is 32.4 Å². The molecule has 1 aromatic carbocycles. The van der Waals surface area contributed by atoms with E-state index in [0.29, 0.717) is 18.0 Å². The molecule has 7 nitrogen and oxygen atoms in total. The fourth-order valence-corrected chi connectivity index (χ4v) is 4.17. The van der Waals surface area contributed by atoms with Gasteiger partial charge in [-0.15, -0.1) is 5.10 Å². The number of anilines is 1. The maximum atomic E-state index is 13.0. The molecule has 27 heavy (non-hydrogen) atoms. The van der Waals surface area contributed by atoms with Crippen molar-refractivity contribution in [3.63, 3.8) is 0 Å². The highest BCUT2D eigenvalue weighted by Gasteiger charge is 2.26. The fourth-order valence-electron chi connectivity index (χ4n) is 4.17. The number of hydrogen-bond acceptors (Lipinski definition) is 5. The van der Waals surface area contributed by atoms with Gasteiger partial charge >= 0.3 is 0 Å². The van der Waals surface area contributed by atoms with E-state index in [4.69, 9.17) is 9.84 Å². The van der Waals surface area contributed by atoms with Gasteiger partial charge in [-0.25, -0.2) is 9.50 Å². The van der Waals surface area contributed by atoms with Crippen molar-refractivity contribution < 1.29 is 4.74 Å². The lowest BCUT2D eigenvalue weighted by molar-refractivity contribution is 0.0832. The summed E-state index contributed by atoms with van der Waals surface area (Å²) in [6, 6.07) is 8.64. The molecule has 0 spiro atoms. The Balaban J connectivity index is 1.55. The minimum absolute atomic E-state index is 0.0269. The second kappa shape index (κ2) is 6.49. The number of fused-ring (bicyclic) bond motifs is 2. The van der Waals surface area contributed by atoms with Crippen LogP contribution >= 0.6 is 0 Å². The van der Waals surface area contributed by atoms with E-state index in [1.165, 1.54) is 11.1 Å². The highest BCUT2D eigenvalue weighted by Crippen LogP contribution is 2.29. The van der Waals surface area contributed by atoms with Gasteiger partial charge in [0.2, 0.25) is 5.95 Å². The summed E-state index contributed by atoms with van der Waals surface area (Å²) in [5.41, 5.74) is 2.99. The third-order valence-electron chi connectivity index (χ3n) is 5.65. The molecule has 2 aromatic heterocycles. The summed E-state index contributed by atoms with van der Waals surface area (Å²) in [5, 5.41) is 8.25. The van der Waals surface area contributed by atoms with Gasteiger partial charge < -0.3 is 10.1 Å². The Morgan fingerprint density at radius 2 is 2.07 bits per heavy atom. The van der Waals surface area contributed by atoms with Gasteiger partial charge in [-0.2, -0.15) is 0 Å². The van der Waals surface area contributed by atoms with E-state index >= 15 is 0 Å². The molecule has 1 unspecified atom stereocenters. The van der Waals surface area contributed by atoms with Crippen molar-refractivity contribution in [1.82, 2.24) is 19.2 Å². The monoisotopic (exact) mass is 365 g/mol. The van der Waals surface area contributed by atoms with Crippen molar-refractivity contribution >= 4 is 11.5 Å². The van der Waals surface area contributed by atoms with Gasteiger partial charge in [-0.3, -0.25) is 9.36 Å². The summed E-state index contributed by atoms with van der Waals surface area (Å²) in [7, 11) is 0. The number of hydrogen-bond donors (Lipinski definition) is 1. The van der Waals surface area contributed by atoms with E-state index in [1.807, 2.05) is 0 Å². The standard InChI is InChI=1S/C20H23N5O2/c1-13-3-2-4-15(11-13)16-5-8-24-19(26)17-12-21-18(14-6-9-27-10-7-14)25(17)23-20(24)22-16/h2-4,11-12,14,16H,5-10H2,1H3,(H,22,23). The van der Waals surface area contributed by atoms with Crippen LogP contribution in [0.15, 0.2) is 35.3 Å². The Kier molecular flexibility index (Phi) is 3.97. The molecule has 1 N–H and O–H groups in total. The minimum atomic E-state index is -0.0269. The second-order valence-electron chi connectivity index (χ2n) is 7.48. The van der Waals surface area contributed by atoms with Crippen molar-refractivity contribution in [3.05, 3.63) is 57.8 Å². The summed E-state index contributed by atoms with van der Waals surface area (Å²) >= 11 is 0. The number of nitrogens with one attached hydrogen (secondary N) is 1. The Hall–Kier alpha value is -2.67. The van der Waals surface area contributed by atoms with Crippen molar-refractivity contribution in [2.75, 3.05) is 18.5 Å². The second-order valence-corrected chi connectivity index (χ2v) is 7.48. The van der Waals surface area contributed by atoms with Crippen LogP contribution in [0.2, 0.25) is 0 Å². The number of nitrogens with zero attached hydrogens (tertiary/aromatic N) is 4. The lowest BCUT2D eigenvalue weighted by Gasteiger charge is -2.28. The van der Waals surface area contributed by atoms with Crippen LogP contribution in [0.3, 0.4) is 0 Å². The molecule has 7 heteroatoms. The van der Waals surface area contributed by atoms with Crippen LogP contribution in [0.25, 0.3) is 5.52 Å². The zero-order valence-electron chi connectivity index (χ0n) is 15.4. The highest BCUT2D eigenvalue weighted by atomic mass is 16.5. The molecule has 2 aliphatic rings. The number of aryl methyl sites for hydroxylation is 1. The SMILES string of the molecule is Cc1cccc(C2CCn3c(nn4c(C5CCOCC5)ncc4c3=O)N2)c1. The summed E-state index contributed by atoms with van der Waals surface area (Å²) in [4.78, 5) is 17.5. The average molecular weight is 365 g/mol. The molecule has 0 saturated carbocycles. The fraction of sp³-hybridized carbons (Fsp3) is 0.450. The molecule has 0 aliphatic carbocycles. The van der Waals surface area contributed by atoms with E-state index in [2.05, 4.69) is 41.5 Å². The van der Waals surface area contributed by atoms with Crippen molar-refractivity contribution in [2.24, 2.45) is 0 Å². The Morgan fingerprint density at radius 1 is 1.22 bits per heavy atom. The largest absolute Gasteiger partial charge is 0.381 e. The maximum Gasteiger partial charge on any atom is 0.280 e. The first-order valence-corrected chi connectivity index (χ1v) is 9.60. The van der Waals surface area contributed by atoms with Crippen LogP contribution in [0.5, 0.6) is 0 Å². The quantitative estimate of drug-likeness (QED) is 0.756. The normalized spacial score (nSPS) is 20.4. The molecule has 0 radical (unpaired) electrons. The Bertz CT molecular complexity index is 1050. The zero-order valence-corrected chi connectivity index (χ0v) is 15.4. The zero-order chi connectivity index (χ0) is 18.4. The van der Waals surface area contributed by atoms with Crippen LogP contribution < -0.4 is 10.9 Å². The number of ether oxygens (including phenoxy) is 1. The smallest absolute Gasteiger partial charge is 0.280 e. The van der Waals surface area contributed by atoms with E-state index in [-0.39, 0.29) is 17.5 Å². The molecular weight excluding hydrogens is 342 g/mol. The summed E-state index contributed by atoms with van der Waals surface area (Å²) in [6.45, 7) is 4.22. The van der Waals surface area contributed by atoms with Crippen LogP contribution in [0.4, 0.5) is 5.95 Å². The van der Waals surface area contributed by atoms with E-state index in [1.54, 1.807) is 15.3 Å². The van der Waals surface area contributed by atoms with Gasteiger partial charge in [-0.05, 0) is 31.7 Å². The summed E-state index contributed by atoms with van der Waals surface area (Å²) < 4.78 is 8.94. The molecule has 140 valence electrons. The molecule has 1 saturated heterocycles. The van der Waals surface area contributed by atoms with Gasteiger partial charge in [0.05, 0.1) is 12.2 Å². The first kappa shape index (κ1) is 16.5. The first-order chi connectivity index (χ1) is 13.2. The molecule has 4 heterocycles. The lowest BCUT2D eigenvalue weighted by atomic mass is 10.00.